The molecule has 0 fully saturated rings. The van der Waals surface area contributed by atoms with Gasteiger partial charge < -0.3 is 20.5 Å². The summed E-state index contributed by atoms with van der Waals surface area (Å²) >= 11 is 0. The lowest BCUT2D eigenvalue weighted by Crippen LogP contribution is -2.28. The molecule has 3 aromatic rings. The number of alkyl halides is 2. The quantitative estimate of drug-likeness (QED) is 0.300. The van der Waals surface area contributed by atoms with Gasteiger partial charge in [-0.1, -0.05) is 55.1 Å². The molecule has 0 aliphatic rings. The molecule has 0 bridgehead atoms. The highest BCUT2D eigenvalue weighted by atomic mass is 19.3. The Bertz CT molecular complexity index is 1230. The number of anilines is 3. The number of esters is 1. The van der Waals surface area contributed by atoms with E-state index in [1.807, 2.05) is 0 Å². The number of aromatic carboxylic acids is 1. The third-order valence-corrected chi connectivity index (χ3v) is 4.69. The van der Waals surface area contributed by atoms with Crippen LogP contribution in [0.15, 0.2) is 85.5 Å². The Kier molecular flexibility index (Phi) is 7.37. The van der Waals surface area contributed by atoms with Crippen LogP contribution in [0.1, 0.15) is 21.5 Å². The smallest absolute Gasteiger partial charge is 0.382 e. The molecule has 3 aromatic carbocycles. The van der Waals surface area contributed by atoms with Gasteiger partial charge in [-0.25, -0.2) is 9.59 Å². The molecule has 0 saturated heterocycles. The second-order valence-corrected chi connectivity index (χ2v) is 7.07. The summed E-state index contributed by atoms with van der Waals surface area (Å²) in [4.78, 5) is 35.5. The van der Waals surface area contributed by atoms with E-state index >= 15 is 0 Å². The highest BCUT2D eigenvalue weighted by molar-refractivity contribution is 6.07. The summed E-state index contributed by atoms with van der Waals surface area (Å²) < 4.78 is 34.3. The second-order valence-electron chi connectivity index (χ2n) is 7.07. The molecule has 7 nitrogen and oxygen atoms in total. The monoisotopic (exact) mass is 466 g/mol. The van der Waals surface area contributed by atoms with Gasteiger partial charge in [-0.3, -0.25) is 4.79 Å². The Morgan fingerprint density at radius 1 is 0.971 bits per heavy atom. The maximum Gasteiger partial charge on any atom is 0.382 e. The zero-order valence-electron chi connectivity index (χ0n) is 17.8. The number of amides is 1. The first-order valence-corrected chi connectivity index (χ1v) is 9.98. The number of hydrogen-bond acceptors (Lipinski definition) is 5. The molecule has 1 amide bonds. The van der Waals surface area contributed by atoms with Gasteiger partial charge in [0.1, 0.15) is 12.2 Å². The van der Waals surface area contributed by atoms with E-state index in [2.05, 4.69) is 17.2 Å². The molecule has 0 aliphatic carbocycles. The van der Waals surface area contributed by atoms with Crippen LogP contribution >= 0.6 is 0 Å². The maximum atomic E-state index is 14.8. The van der Waals surface area contributed by atoms with Gasteiger partial charge in [0.15, 0.2) is 0 Å². The summed E-state index contributed by atoms with van der Waals surface area (Å²) in [6.07, 6.45) is 0.980. The number of benzene rings is 3. The normalized spacial score (nSPS) is 10.8. The third kappa shape index (κ3) is 5.63. The lowest BCUT2D eigenvalue weighted by molar-refractivity contribution is -0.175. The van der Waals surface area contributed by atoms with Crippen molar-refractivity contribution in [3.63, 3.8) is 0 Å². The Morgan fingerprint density at radius 2 is 1.65 bits per heavy atom. The third-order valence-electron chi connectivity index (χ3n) is 4.69. The highest BCUT2D eigenvalue weighted by Crippen LogP contribution is 2.33. The van der Waals surface area contributed by atoms with Crippen molar-refractivity contribution in [3.8, 4) is 0 Å². The summed E-state index contributed by atoms with van der Waals surface area (Å²) in [5.41, 5.74) is -0.218. The van der Waals surface area contributed by atoms with Crippen molar-refractivity contribution in [2.75, 3.05) is 10.6 Å². The average molecular weight is 466 g/mol. The molecule has 34 heavy (non-hydrogen) atoms. The van der Waals surface area contributed by atoms with E-state index in [1.165, 1.54) is 30.3 Å². The van der Waals surface area contributed by atoms with Crippen LogP contribution in [0.4, 0.5) is 25.8 Å². The van der Waals surface area contributed by atoms with Crippen LogP contribution < -0.4 is 10.6 Å². The van der Waals surface area contributed by atoms with E-state index in [-0.39, 0.29) is 29.2 Å². The number of nitrogens with one attached hydrogen (secondary N) is 2. The van der Waals surface area contributed by atoms with Crippen molar-refractivity contribution < 1.29 is 33.0 Å². The lowest BCUT2D eigenvalue weighted by atomic mass is 10.1. The van der Waals surface area contributed by atoms with E-state index in [4.69, 9.17) is 4.74 Å². The molecule has 0 saturated carbocycles. The van der Waals surface area contributed by atoms with Crippen LogP contribution in [0.5, 0.6) is 0 Å². The molecular formula is C25H20F2N2O5. The molecule has 0 radical (unpaired) electrons. The number of hydrogen-bond donors (Lipinski definition) is 3. The van der Waals surface area contributed by atoms with E-state index in [9.17, 15) is 28.3 Å². The van der Waals surface area contributed by atoms with Crippen LogP contribution in [0, 0.1) is 0 Å². The van der Waals surface area contributed by atoms with Crippen molar-refractivity contribution in [2.24, 2.45) is 0 Å². The number of carbonyl (C=O) groups excluding carboxylic acids is 2. The predicted octanol–water partition coefficient (Wildman–Crippen LogP) is 5.09. The average Bonchev–Trinajstić information content (AvgIpc) is 2.83. The molecular weight excluding hydrogens is 446 g/mol. The molecule has 0 heterocycles. The standard InChI is InChI=1S/C25H20F2N2O5/c1-2-21(30)29-20-13-7-12-19(22(20)23(31)32)28-18-11-6-10-17(14-18)25(26,27)24(33)34-15-16-8-4-3-5-9-16/h2-14,28H,1,15H2,(H,29,30)(H,31,32). The van der Waals surface area contributed by atoms with Crippen LogP contribution in [0.3, 0.4) is 0 Å². The second kappa shape index (κ2) is 10.4. The molecule has 3 N–H and O–H groups in total. The topological polar surface area (TPSA) is 105 Å². The Labute approximate surface area is 193 Å². The molecule has 0 aromatic heterocycles. The minimum Gasteiger partial charge on any atom is -0.478 e. The van der Waals surface area contributed by atoms with Crippen LogP contribution in [0.25, 0.3) is 0 Å². The summed E-state index contributed by atoms with van der Waals surface area (Å²) in [6.45, 7) is 3.01. The largest absolute Gasteiger partial charge is 0.478 e. The minimum absolute atomic E-state index is 0.00613. The highest BCUT2D eigenvalue weighted by Gasteiger charge is 2.43. The zero-order valence-corrected chi connectivity index (χ0v) is 17.8. The minimum atomic E-state index is -3.94. The first-order chi connectivity index (χ1) is 16.2. The summed E-state index contributed by atoms with van der Waals surface area (Å²) in [5, 5.41) is 14.8. The van der Waals surface area contributed by atoms with Gasteiger partial charge in [0, 0.05) is 11.3 Å². The van der Waals surface area contributed by atoms with Crippen LogP contribution in [0.2, 0.25) is 0 Å². The van der Waals surface area contributed by atoms with E-state index in [0.29, 0.717) is 5.56 Å². The molecule has 0 atom stereocenters. The molecule has 0 unspecified atom stereocenters. The SMILES string of the molecule is C=CC(=O)Nc1cccc(Nc2cccc(C(F)(F)C(=O)OCc3ccccc3)c2)c1C(=O)O. The molecule has 174 valence electrons. The number of ether oxygens (including phenoxy) is 1. The van der Waals surface area contributed by atoms with Crippen LogP contribution in [-0.4, -0.2) is 23.0 Å². The van der Waals surface area contributed by atoms with E-state index < -0.39 is 29.3 Å². The first-order valence-electron chi connectivity index (χ1n) is 9.98. The van der Waals surface area contributed by atoms with Gasteiger partial charge in [-0.2, -0.15) is 8.78 Å². The number of carboxylic acids is 1. The fourth-order valence-electron chi connectivity index (χ4n) is 3.05. The Morgan fingerprint density at radius 3 is 2.32 bits per heavy atom. The Balaban J connectivity index is 1.83. The van der Waals surface area contributed by atoms with Crippen molar-refractivity contribution in [2.45, 2.75) is 12.5 Å². The fraction of sp³-hybridized carbons (Fsp3) is 0.0800. The lowest BCUT2D eigenvalue weighted by Gasteiger charge is -2.18. The molecule has 0 aliphatic heterocycles. The van der Waals surface area contributed by atoms with Gasteiger partial charge in [-0.15, -0.1) is 0 Å². The van der Waals surface area contributed by atoms with Crippen molar-refractivity contribution >= 4 is 34.9 Å². The van der Waals surface area contributed by atoms with Gasteiger partial charge >= 0.3 is 17.9 Å². The Hall–Kier alpha value is -4.53. The first kappa shape index (κ1) is 24.1. The number of rotatable bonds is 9. The van der Waals surface area contributed by atoms with Crippen LogP contribution in [-0.2, 0) is 26.9 Å². The summed E-state index contributed by atoms with van der Waals surface area (Å²) in [7, 11) is 0. The number of halogens is 2. The van der Waals surface area contributed by atoms with E-state index in [1.54, 1.807) is 30.3 Å². The number of carbonyl (C=O) groups is 3. The van der Waals surface area contributed by atoms with Crippen molar-refractivity contribution in [1.29, 1.82) is 0 Å². The van der Waals surface area contributed by atoms with Gasteiger partial charge in [0.2, 0.25) is 5.91 Å². The molecule has 3 rings (SSSR count). The van der Waals surface area contributed by atoms with Crippen molar-refractivity contribution in [3.05, 3.63) is 102 Å². The van der Waals surface area contributed by atoms with E-state index in [0.717, 1.165) is 18.2 Å². The van der Waals surface area contributed by atoms with Crippen molar-refractivity contribution in [1.82, 2.24) is 0 Å². The molecule has 0 spiro atoms. The maximum absolute atomic E-state index is 14.8. The fourth-order valence-corrected chi connectivity index (χ4v) is 3.05. The van der Waals surface area contributed by atoms with Gasteiger partial charge in [0.25, 0.3) is 0 Å². The number of carboxylic acid groups (broad SMARTS) is 1. The van der Waals surface area contributed by atoms with Gasteiger partial charge in [-0.05, 0) is 35.9 Å². The zero-order chi connectivity index (χ0) is 24.7. The molecule has 9 heteroatoms. The predicted molar refractivity (Wildman–Crippen MR) is 122 cm³/mol. The van der Waals surface area contributed by atoms with Gasteiger partial charge in [0.05, 0.1) is 11.4 Å². The summed E-state index contributed by atoms with van der Waals surface area (Å²) in [6, 6.07) is 17.5. The summed E-state index contributed by atoms with van der Waals surface area (Å²) in [5.74, 6) is -7.63.